The monoisotopic (exact) mass is 416 g/mol. The van der Waals surface area contributed by atoms with Crippen molar-refractivity contribution in [2.45, 2.75) is 25.9 Å². The topological polar surface area (TPSA) is 87.7 Å². The fourth-order valence-corrected chi connectivity index (χ4v) is 4.49. The minimum Gasteiger partial charge on any atom is -0.420 e. The van der Waals surface area contributed by atoms with Crippen molar-refractivity contribution in [2.24, 2.45) is 5.73 Å². The third-order valence-corrected chi connectivity index (χ3v) is 5.76. The van der Waals surface area contributed by atoms with Gasteiger partial charge >= 0.3 is 6.18 Å². The van der Waals surface area contributed by atoms with Crippen LogP contribution >= 0.6 is 11.3 Å². The number of benzene rings is 1. The van der Waals surface area contributed by atoms with Crippen molar-refractivity contribution in [1.29, 1.82) is 5.26 Å². The van der Waals surface area contributed by atoms with Gasteiger partial charge in [0.25, 0.3) is 0 Å². The number of nitriles is 1. The number of aromatic nitrogens is 2. The SMILES string of the molecule is Cc1cc(-c2[nH]nc3c2[C@H](c2cccc(C(F)(F)F)c2)C(C#N)=C(N)O3)c(C)s1. The first-order chi connectivity index (χ1) is 13.7. The molecule has 148 valence electrons. The highest BCUT2D eigenvalue weighted by atomic mass is 32.1. The van der Waals surface area contributed by atoms with Gasteiger partial charge in [-0.3, -0.25) is 5.10 Å². The summed E-state index contributed by atoms with van der Waals surface area (Å²) < 4.78 is 45.4. The van der Waals surface area contributed by atoms with Gasteiger partial charge in [0.2, 0.25) is 11.8 Å². The smallest absolute Gasteiger partial charge is 0.416 e. The fraction of sp³-hybridized carbons (Fsp3) is 0.200. The Bertz CT molecular complexity index is 1180. The molecule has 0 aliphatic carbocycles. The van der Waals surface area contributed by atoms with Gasteiger partial charge in [-0.15, -0.1) is 16.4 Å². The van der Waals surface area contributed by atoms with Crippen molar-refractivity contribution in [1.82, 2.24) is 10.2 Å². The zero-order valence-electron chi connectivity index (χ0n) is 15.4. The summed E-state index contributed by atoms with van der Waals surface area (Å²) in [4.78, 5) is 2.08. The summed E-state index contributed by atoms with van der Waals surface area (Å²) >= 11 is 1.59. The van der Waals surface area contributed by atoms with E-state index in [-0.39, 0.29) is 22.9 Å². The predicted octanol–water partition coefficient (Wildman–Crippen LogP) is 4.99. The van der Waals surface area contributed by atoms with Crippen LogP contribution in [-0.4, -0.2) is 10.2 Å². The van der Waals surface area contributed by atoms with Crippen molar-refractivity contribution in [3.8, 4) is 23.2 Å². The molecule has 3 heterocycles. The second kappa shape index (κ2) is 6.67. The Morgan fingerprint density at radius 2 is 2.03 bits per heavy atom. The molecule has 3 aromatic rings. The highest BCUT2D eigenvalue weighted by Gasteiger charge is 2.38. The lowest BCUT2D eigenvalue weighted by molar-refractivity contribution is -0.137. The first-order valence-corrected chi connectivity index (χ1v) is 9.42. The number of aromatic amines is 1. The highest BCUT2D eigenvalue weighted by Crippen LogP contribution is 2.47. The predicted molar refractivity (Wildman–Crippen MR) is 102 cm³/mol. The summed E-state index contributed by atoms with van der Waals surface area (Å²) in [6.45, 7) is 3.90. The van der Waals surface area contributed by atoms with E-state index in [1.165, 1.54) is 6.07 Å². The number of aryl methyl sites for hydroxylation is 2. The number of hydrogen-bond acceptors (Lipinski definition) is 5. The summed E-state index contributed by atoms with van der Waals surface area (Å²) in [5.41, 5.74) is 7.39. The number of alkyl halides is 3. The van der Waals surface area contributed by atoms with Crippen molar-refractivity contribution < 1.29 is 17.9 Å². The molecule has 0 spiro atoms. The zero-order chi connectivity index (χ0) is 20.9. The van der Waals surface area contributed by atoms with Gasteiger partial charge in [-0.25, -0.2) is 0 Å². The number of ether oxygens (including phenoxy) is 1. The molecule has 5 nitrogen and oxygen atoms in total. The van der Waals surface area contributed by atoms with Crippen LogP contribution in [0.3, 0.4) is 0 Å². The standard InChI is InChI=1S/C20H15F3N4OS/c1-9-6-13(10(2)29-9)17-16-15(11-4-3-5-12(7-11)20(21,22)23)14(8-24)18(25)28-19(16)27-26-17/h3-7,15H,25H2,1-2H3,(H,26,27)/t15-/m1/s1. The molecule has 0 unspecified atom stereocenters. The van der Waals surface area contributed by atoms with Crippen LogP contribution in [0.4, 0.5) is 13.2 Å². The number of nitrogens with zero attached hydrogens (tertiary/aromatic N) is 2. The van der Waals surface area contributed by atoms with Crippen LogP contribution in [0.1, 0.15) is 32.4 Å². The molecule has 0 amide bonds. The number of H-pyrrole nitrogens is 1. The molecule has 0 saturated carbocycles. The van der Waals surface area contributed by atoms with Crippen LogP contribution in [0.2, 0.25) is 0 Å². The molecule has 0 saturated heterocycles. The van der Waals surface area contributed by atoms with Crippen molar-refractivity contribution in [2.75, 3.05) is 0 Å². The van der Waals surface area contributed by atoms with Gasteiger partial charge in [-0.2, -0.15) is 18.4 Å². The second-order valence-electron chi connectivity index (χ2n) is 6.69. The average Bonchev–Trinajstić information content (AvgIpc) is 3.21. The number of allylic oxidation sites excluding steroid dienone is 1. The third kappa shape index (κ3) is 3.15. The Kier molecular flexibility index (Phi) is 4.39. The maximum absolute atomic E-state index is 13.3. The first kappa shape index (κ1) is 19.1. The Morgan fingerprint density at radius 3 is 2.66 bits per heavy atom. The van der Waals surface area contributed by atoms with Crippen molar-refractivity contribution in [3.63, 3.8) is 0 Å². The quantitative estimate of drug-likeness (QED) is 0.616. The lowest BCUT2D eigenvalue weighted by Crippen LogP contribution is -2.21. The Balaban J connectivity index is 1.96. The summed E-state index contributed by atoms with van der Waals surface area (Å²) in [5, 5.41) is 16.8. The summed E-state index contributed by atoms with van der Waals surface area (Å²) in [7, 11) is 0. The van der Waals surface area contributed by atoms with Crippen LogP contribution in [0.25, 0.3) is 11.3 Å². The van der Waals surface area contributed by atoms with Crippen LogP contribution in [0.5, 0.6) is 5.88 Å². The molecule has 0 fully saturated rings. The minimum absolute atomic E-state index is 0.0454. The normalized spacial score (nSPS) is 16.3. The van der Waals surface area contributed by atoms with Gasteiger partial charge in [0.15, 0.2) is 0 Å². The lowest BCUT2D eigenvalue weighted by atomic mass is 9.82. The van der Waals surface area contributed by atoms with E-state index >= 15 is 0 Å². The van der Waals surface area contributed by atoms with Gasteiger partial charge in [-0.1, -0.05) is 18.2 Å². The first-order valence-electron chi connectivity index (χ1n) is 8.61. The van der Waals surface area contributed by atoms with Gasteiger partial charge in [-0.05, 0) is 31.5 Å². The maximum atomic E-state index is 13.3. The number of thiophene rings is 1. The highest BCUT2D eigenvalue weighted by molar-refractivity contribution is 7.12. The Labute approximate surface area is 168 Å². The summed E-state index contributed by atoms with van der Waals surface area (Å²) in [5.74, 6) is -0.847. The van der Waals surface area contributed by atoms with Crippen LogP contribution in [-0.2, 0) is 6.18 Å². The van der Waals surface area contributed by atoms with Gasteiger partial charge in [0.1, 0.15) is 11.6 Å². The minimum atomic E-state index is -4.51. The number of halogens is 3. The molecule has 1 aliphatic heterocycles. The molecule has 3 N–H and O–H groups in total. The second-order valence-corrected chi connectivity index (χ2v) is 8.15. The molecule has 9 heteroatoms. The van der Waals surface area contributed by atoms with Crippen LogP contribution in [0, 0.1) is 25.2 Å². The van der Waals surface area contributed by atoms with Crippen LogP contribution in [0.15, 0.2) is 41.8 Å². The van der Waals surface area contributed by atoms with Gasteiger partial charge in [0.05, 0.1) is 22.7 Å². The molecule has 4 rings (SSSR count). The third-order valence-electron chi connectivity index (χ3n) is 4.80. The number of nitrogens with two attached hydrogens (primary N) is 1. The Hall–Kier alpha value is -3.25. The molecular formula is C20H15F3N4OS. The molecule has 1 atom stereocenters. The Morgan fingerprint density at radius 1 is 1.28 bits per heavy atom. The van der Waals surface area contributed by atoms with E-state index in [4.69, 9.17) is 10.5 Å². The number of fused-ring (bicyclic) bond motifs is 1. The fourth-order valence-electron chi connectivity index (χ4n) is 3.56. The van der Waals surface area contributed by atoms with Crippen molar-refractivity contribution in [3.05, 3.63) is 68.2 Å². The van der Waals surface area contributed by atoms with E-state index in [1.807, 2.05) is 26.0 Å². The average molecular weight is 416 g/mol. The molecule has 1 aromatic carbocycles. The van der Waals surface area contributed by atoms with E-state index in [0.29, 0.717) is 11.3 Å². The number of rotatable bonds is 2. The van der Waals surface area contributed by atoms with Crippen molar-refractivity contribution >= 4 is 11.3 Å². The molecule has 0 radical (unpaired) electrons. The van der Waals surface area contributed by atoms with E-state index < -0.39 is 17.7 Å². The van der Waals surface area contributed by atoms with E-state index in [0.717, 1.165) is 27.5 Å². The molecule has 2 aromatic heterocycles. The molecular weight excluding hydrogens is 401 g/mol. The summed E-state index contributed by atoms with van der Waals surface area (Å²) in [6.07, 6.45) is -4.51. The largest absolute Gasteiger partial charge is 0.420 e. The zero-order valence-corrected chi connectivity index (χ0v) is 16.2. The lowest BCUT2D eigenvalue weighted by Gasteiger charge is -2.24. The van der Waals surface area contributed by atoms with Crippen LogP contribution < -0.4 is 10.5 Å². The molecule has 1 aliphatic rings. The maximum Gasteiger partial charge on any atom is 0.416 e. The van der Waals surface area contributed by atoms with E-state index in [9.17, 15) is 18.4 Å². The van der Waals surface area contributed by atoms with Gasteiger partial charge < -0.3 is 10.5 Å². The van der Waals surface area contributed by atoms with Gasteiger partial charge in [0, 0.05) is 15.3 Å². The molecule has 29 heavy (non-hydrogen) atoms. The number of hydrogen-bond donors (Lipinski definition) is 2. The number of nitrogens with one attached hydrogen (secondary N) is 1. The van der Waals surface area contributed by atoms with E-state index in [2.05, 4.69) is 10.2 Å². The van der Waals surface area contributed by atoms with E-state index in [1.54, 1.807) is 17.4 Å². The molecule has 0 bridgehead atoms. The summed E-state index contributed by atoms with van der Waals surface area (Å²) in [6, 6.07) is 8.85.